The minimum Gasteiger partial charge on any atom is -0.324 e. The van der Waals surface area contributed by atoms with E-state index in [-0.39, 0.29) is 18.4 Å². The average molecular weight is 291 g/mol. The number of rotatable bonds is 4. The molecule has 1 nitrogen and oxygen atoms in total. The number of hydrogen-bond acceptors (Lipinski definition) is 1. The van der Waals surface area contributed by atoms with Crippen LogP contribution in [0.15, 0.2) is 35.3 Å². The number of nitrogens with two attached hydrogens (primary N) is 1. The van der Waals surface area contributed by atoms with Crippen molar-refractivity contribution >= 4 is 28.3 Å². The molecule has 0 spiro atoms. The highest BCUT2D eigenvalue weighted by Gasteiger charge is 2.05. The van der Waals surface area contributed by atoms with Gasteiger partial charge in [-0.25, -0.2) is 0 Å². The lowest BCUT2D eigenvalue weighted by atomic mass is 10.0. The van der Waals surface area contributed by atoms with Crippen LogP contribution in [0.3, 0.4) is 0 Å². The highest BCUT2D eigenvalue weighted by molar-refractivity contribution is 9.10. The Morgan fingerprint density at radius 3 is 2.73 bits per heavy atom. The van der Waals surface area contributed by atoms with Gasteiger partial charge >= 0.3 is 0 Å². The van der Waals surface area contributed by atoms with E-state index in [1.807, 2.05) is 6.08 Å². The summed E-state index contributed by atoms with van der Waals surface area (Å²) in [6, 6.07) is 6.40. The lowest BCUT2D eigenvalue weighted by molar-refractivity contribution is 0.661. The number of hydrogen-bond donors (Lipinski definition) is 1. The fourth-order valence-electron chi connectivity index (χ4n) is 1.30. The Hall–Kier alpha value is -0.310. The summed E-state index contributed by atoms with van der Waals surface area (Å²) in [5.74, 6) is 0. The van der Waals surface area contributed by atoms with E-state index in [0.29, 0.717) is 0 Å². The number of aryl methyl sites for hydroxylation is 1. The van der Waals surface area contributed by atoms with Crippen LogP contribution < -0.4 is 5.73 Å². The molecule has 15 heavy (non-hydrogen) atoms. The fraction of sp³-hybridized carbons (Fsp3) is 0.333. The van der Waals surface area contributed by atoms with E-state index in [2.05, 4.69) is 47.6 Å². The molecule has 0 unspecified atom stereocenters. The summed E-state index contributed by atoms with van der Waals surface area (Å²) in [6.07, 6.45) is 3.83. The van der Waals surface area contributed by atoms with Gasteiger partial charge in [0.25, 0.3) is 0 Å². The Morgan fingerprint density at radius 1 is 1.53 bits per heavy atom. The predicted molar refractivity (Wildman–Crippen MR) is 72.5 cm³/mol. The minimum absolute atomic E-state index is 0. The van der Waals surface area contributed by atoms with Gasteiger partial charge in [0.15, 0.2) is 0 Å². The second-order valence-electron chi connectivity index (χ2n) is 3.48. The highest BCUT2D eigenvalue weighted by Crippen LogP contribution is 2.22. The molecule has 0 amide bonds. The molecule has 1 aromatic rings. The second-order valence-corrected chi connectivity index (χ2v) is 4.34. The monoisotopic (exact) mass is 289 g/mol. The maximum Gasteiger partial charge on any atom is 0.0298 e. The van der Waals surface area contributed by atoms with Crippen molar-refractivity contribution in [3.63, 3.8) is 0 Å². The topological polar surface area (TPSA) is 26.0 Å². The summed E-state index contributed by atoms with van der Waals surface area (Å²) in [4.78, 5) is 0. The van der Waals surface area contributed by atoms with Gasteiger partial charge in [-0.05, 0) is 37.0 Å². The zero-order valence-corrected chi connectivity index (χ0v) is 11.3. The molecule has 0 aliphatic carbocycles. The van der Waals surface area contributed by atoms with Crippen LogP contribution in [0.4, 0.5) is 0 Å². The van der Waals surface area contributed by atoms with Gasteiger partial charge in [-0.2, -0.15) is 0 Å². The predicted octanol–water partition coefficient (Wildman–Crippen LogP) is 4.15. The van der Waals surface area contributed by atoms with Gasteiger partial charge in [0.2, 0.25) is 0 Å². The molecule has 0 saturated heterocycles. The third-order valence-corrected chi connectivity index (χ3v) is 3.16. The van der Waals surface area contributed by atoms with Gasteiger partial charge in [-0.3, -0.25) is 0 Å². The van der Waals surface area contributed by atoms with Gasteiger partial charge in [0, 0.05) is 10.5 Å². The molecular formula is C12H17BrClN. The second kappa shape index (κ2) is 7.04. The quantitative estimate of drug-likeness (QED) is 0.829. The lowest BCUT2D eigenvalue weighted by Gasteiger charge is -2.11. The van der Waals surface area contributed by atoms with Crippen LogP contribution in [-0.4, -0.2) is 0 Å². The van der Waals surface area contributed by atoms with Gasteiger partial charge < -0.3 is 5.73 Å². The van der Waals surface area contributed by atoms with Gasteiger partial charge in [-0.1, -0.05) is 34.1 Å². The third kappa shape index (κ3) is 4.37. The first-order valence-electron chi connectivity index (χ1n) is 4.77. The van der Waals surface area contributed by atoms with E-state index in [1.54, 1.807) is 0 Å². The van der Waals surface area contributed by atoms with Gasteiger partial charge in [0.05, 0.1) is 0 Å². The summed E-state index contributed by atoms with van der Waals surface area (Å²) >= 11 is 3.51. The Labute approximate surface area is 106 Å². The summed E-state index contributed by atoms with van der Waals surface area (Å²) in [5.41, 5.74) is 8.46. The molecular weight excluding hydrogens is 273 g/mol. The van der Waals surface area contributed by atoms with E-state index in [0.717, 1.165) is 17.3 Å². The summed E-state index contributed by atoms with van der Waals surface area (Å²) in [7, 11) is 0. The van der Waals surface area contributed by atoms with Crippen molar-refractivity contribution in [3.05, 3.63) is 46.5 Å². The first-order chi connectivity index (χ1) is 6.65. The molecule has 0 saturated carbocycles. The molecule has 2 N–H and O–H groups in total. The van der Waals surface area contributed by atoms with Crippen molar-refractivity contribution < 1.29 is 0 Å². The summed E-state index contributed by atoms with van der Waals surface area (Å²) < 4.78 is 1.13. The Kier molecular flexibility index (Phi) is 6.90. The average Bonchev–Trinajstić information content (AvgIpc) is 2.18. The van der Waals surface area contributed by atoms with Crippen LogP contribution in [0.25, 0.3) is 0 Å². The van der Waals surface area contributed by atoms with Crippen molar-refractivity contribution in [1.29, 1.82) is 0 Å². The van der Waals surface area contributed by atoms with E-state index >= 15 is 0 Å². The Balaban J connectivity index is 0.00000196. The lowest BCUT2D eigenvalue weighted by Crippen LogP contribution is -2.09. The molecule has 0 bridgehead atoms. The molecule has 1 atom stereocenters. The third-order valence-electron chi connectivity index (χ3n) is 2.31. The van der Waals surface area contributed by atoms with E-state index < -0.39 is 0 Å². The highest BCUT2D eigenvalue weighted by atomic mass is 79.9. The smallest absolute Gasteiger partial charge is 0.0298 e. The molecule has 1 aromatic carbocycles. The van der Waals surface area contributed by atoms with Crippen molar-refractivity contribution in [2.45, 2.75) is 25.8 Å². The van der Waals surface area contributed by atoms with Gasteiger partial charge in [0.1, 0.15) is 0 Å². The van der Waals surface area contributed by atoms with Gasteiger partial charge in [-0.15, -0.1) is 19.0 Å². The normalized spacial score (nSPS) is 11.7. The molecule has 0 heterocycles. The largest absolute Gasteiger partial charge is 0.324 e. The molecule has 0 aromatic heterocycles. The first kappa shape index (κ1) is 14.7. The van der Waals surface area contributed by atoms with Crippen LogP contribution in [0, 0.1) is 6.92 Å². The van der Waals surface area contributed by atoms with Crippen molar-refractivity contribution in [2.24, 2.45) is 5.73 Å². The van der Waals surface area contributed by atoms with Crippen LogP contribution >= 0.6 is 28.3 Å². The maximum absolute atomic E-state index is 6.03. The zero-order valence-electron chi connectivity index (χ0n) is 8.87. The molecule has 1 rings (SSSR count). The van der Waals surface area contributed by atoms with Crippen molar-refractivity contribution in [3.8, 4) is 0 Å². The summed E-state index contributed by atoms with van der Waals surface area (Å²) in [6.45, 7) is 5.77. The van der Waals surface area contributed by atoms with E-state index in [1.165, 1.54) is 11.1 Å². The maximum atomic E-state index is 6.03. The fourth-order valence-corrected chi connectivity index (χ4v) is 1.70. The van der Waals surface area contributed by atoms with Crippen molar-refractivity contribution in [1.82, 2.24) is 0 Å². The molecule has 0 aliphatic rings. The standard InChI is InChI=1S/C12H16BrN.ClH/c1-3-4-5-12(14)10-7-6-9(2)11(13)8-10;/h3,6-8,12H,1,4-5,14H2,2H3;1H/t12-;/m0./s1. The minimum atomic E-state index is 0. The van der Waals surface area contributed by atoms with Crippen LogP contribution in [0.1, 0.15) is 30.0 Å². The SMILES string of the molecule is C=CCC[C@H](N)c1ccc(C)c(Br)c1.Cl. The zero-order chi connectivity index (χ0) is 10.6. The van der Waals surface area contributed by atoms with Crippen LogP contribution in [-0.2, 0) is 0 Å². The summed E-state index contributed by atoms with van der Waals surface area (Å²) in [5, 5.41) is 0. The van der Waals surface area contributed by atoms with Crippen molar-refractivity contribution in [2.75, 3.05) is 0 Å². The molecule has 84 valence electrons. The number of halogens is 2. The van der Waals surface area contributed by atoms with E-state index in [4.69, 9.17) is 5.73 Å². The first-order valence-corrected chi connectivity index (χ1v) is 5.57. The number of allylic oxidation sites excluding steroid dienone is 1. The molecule has 0 fully saturated rings. The molecule has 3 heteroatoms. The molecule has 0 radical (unpaired) electrons. The van der Waals surface area contributed by atoms with E-state index in [9.17, 15) is 0 Å². The Morgan fingerprint density at radius 2 is 2.20 bits per heavy atom. The van der Waals surface area contributed by atoms with Crippen LogP contribution in [0.5, 0.6) is 0 Å². The molecule has 0 aliphatic heterocycles. The van der Waals surface area contributed by atoms with Crippen LogP contribution in [0.2, 0.25) is 0 Å². The number of benzene rings is 1. The Bertz CT molecular complexity index is 325.